The predicted molar refractivity (Wildman–Crippen MR) is 154 cm³/mol. The number of amides is 1. The van der Waals surface area contributed by atoms with Crippen molar-refractivity contribution in [3.05, 3.63) is 95.2 Å². The molecule has 0 bridgehead atoms. The van der Waals surface area contributed by atoms with Gasteiger partial charge in [0.25, 0.3) is 0 Å². The number of allylic oxidation sites excluding steroid dienone is 4. The molecular formula is C30H34N2O5S. The van der Waals surface area contributed by atoms with Gasteiger partial charge in [-0.25, -0.2) is 0 Å². The number of hydrogen-bond donors (Lipinski definition) is 2. The summed E-state index contributed by atoms with van der Waals surface area (Å²) < 4.78 is 15.9. The monoisotopic (exact) mass is 534 g/mol. The minimum Gasteiger partial charge on any atom is -0.481 e. The third-order valence-electron chi connectivity index (χ3n) is 6.12. The molecule has 0 fully saturated rings. The fraction of sp³-hybridized carbons (Fsp3) is 0.267. The van der Waals surface area contributed by atoms with Crippen molar-refractivity contribution in [1.29, 1.82) is 0 Å². The van der Waals surface area contributed by atoms with Gasteiger partial charge in [-0.15, -0.1) is 0 Å². The zero-order valence-electron chi connectivity index (χ0n) is 22.0. The SMILES string of the molecule is C=Cc1c(C(C(=O)NSC(=C)/C=C\C(=C)C(C)C)c2ccc3c(c2)OCO3)cn(C)c1/C=C/CCC(=O)O. The van der Waals surface area contributed by atoms with Gasteiger partial charge in [0, 0.05) is 35.8 Å². The summed E-state index contributed by atoms with van der Waals surface area (Å²) in [4.78, 5) is 25.3. The molecule has 1 aromatic carbocycles. The van der Waals surface area contributed by atoms with E-state index >= 15 is 0 Å². The fourth-order valence-corrected chi connectivity index (χ4v) is 4.40. The quantitative estimate of drug-likeness (QED) is 0.227. The number of carboxylic acid groups (broad SMARTS) is 1. The normalized spacial score (nSPS) is 13.3. The fourth-order valence-electron chi connectivity index (χ4n) is 3.91. The lowest BCUT2D eigenvalue weighted by Crippen LogP contribution is -2.25. The lowest BCUT2D eigenvalue weighted by molar-refractivity contribution is -0.136. The lowest BCUT2D eigenvalue weighted by Gasteiger charge is -2.18. The van der Waals surface area contributed by atoms with Crippen molar-refractivity contribution in [2.75, 3.05) is 6.79 Å². The highest BCUT2D eigenvalue weighted by atomic mass is 32.2. The van der Waals surface area contributed by atoms with Crippen LogP contribution in [0.4, 0.5) is 0 Å². The third-order valence-corrected chi connectivity index (χ3v) is 6.82. The molecule has 1 aromatic heterocycles. The number of aromatic nitrogens is 1. The van der Waals surface area contributed by atoms with Crippen LogP contribution in [0, 0.1) is 5.92 Å². The molecule has 1 unspecified atom stereocenters. The van der Waals surface area contributed by atoms with Crippen LogP contribution in [-0.4, -0.2) is 28.3 Å². The zero-order chi connectivity index (χ0) is 27.8. The molecular weight excluding hydrogens is 500 g/mol. The van der Waals surface area contributed by atoms with E-state index in [0.29, 0.717) is 28.7 Å². The molecule has 8 heteroatoms. The molecule has 2 aromatic rings. The molecule has 0 saturated carbocycles. The molecule has 1 atom stereocenters. The molecule has 0 spiro atoms. The van der Waals surface area contributed by atoms with E-state index < -0.39 is 11.9 Å². The lowest BCUT2D eigenvalue weighted by atomic mass is 9.89. The molecule has 1 aliphatic heterocycles. The number of aryl methyl sites for hydroxylation is 1. The van der Waals surface area contributed by atoms with Crippen LogP contribution in [0.5, 0.6) is 11.5 Å². The summed E-state index contributed by atoms with van der Waals surface area (Å²) in [5, 5.41) is 8.94. The summed E-state index contributed by atoms with van der Waals surface area (Å²) >= 11 is 1.15. The molecule has 2 N–H and O–H groups in total. The van der Waals surface area contributed by atoms with Crippen molar-refractivity contribution >= 4 is 36.0 Å². The molecule has 3 rings (SSSR count). The van der Waals surface area contributed by atoms with Gasteiger partial charge in [0.05, 0.1) is 5.92 Å². The average molecular weight is 535 g/mol. The van der Waals surface area contributed by atoms with E-state index in [9.17, 15) is 9.59 Å². The first-order valence-electron chi connectivity index (χ1n) is 12.2. The minimum absolute atomic E-state index is 0.0412. The van der Waals surface area contributed by atoms with Crippen molar-refractivity contribution in [3.8, 4) is 11.5 Å². The Morgan fingerprint density at radius 3 is 2.63 bits per heavy atom. The molecule has 0 radical (unpaired) electrons. The largest absolute Gasteiger partial charge is 0.481 e. The summed E-state index contributed by atoms with van der Waals surface area (Å²) in [7, 11) is 1.88. The molecule has 7 nitrogen and oxygen atoms in total. The van der Waals surface area contributed by atoms with Crippen LogP contribution < -0.4 is 14.2 Å². The molecule has 200 valence electrons. The van der Waals surface area contributed by atoms with Crippen LogP contribution in [-0.2, 0) is 16.6 Å². The average Bonchev–Trinajstić information content (AvgIpc) is 3.47. The van der Waals surface area contributed by atoms with Crippen LogP contribution in [0.2, 0.25) is 0 Å². The van der Waals surface area contributed by atoms with E-state index in [0.717, 1.165) is 39.9 Å². The Morgan fingerprint density at radius 2 is 1.95 bits per heavy atom. The van der Waals surface area contributed by atoms with Gasteiger partial charge in [0.2, 0.25) is 12.7 Å². The van der Waals surface area contributed by atoms with Gasteiger partial charge in [-0.1, -0.05) is 63.5 Å². The van der Waals surface area contributed by atoms with Gasteiger partial charge in [-0.05, 0) is 59.7 Å². The second-order valence-electron chi connectivity index (χ2n) is 9.18. The highest BCUT2D eigenvalue weighted by Gasteiger charge is 2.29. The van der Waals surface area contributed by atoms with Gasteiger partial charge >= 0.3 is 5.97 Å². The highest BCUT2D eigenvalue weighted by Crippen LogP contribution is 2.39. The Bertz CT molecular complexity index is 1300. The van der Waals surface area contributed by atoms with Crippen molar-refractivity contribution in [1.82, 2.24) is 9.29 Å². The van der Waals surface area contributed by atoms with Gasteiger partial charge in [0.15, 0.2) is 11.5 Å². The first-order valence-corrected chi connectivity index (χ1v) is 13.1. The van der Waals surface area contributed by atoms with E-state index in [-0.39, 0.29) is 19.1 Å². The number of carbonyl (C=O) groups excluding carboxylic acids is 1. The number of nitrogens with zero attached hydrogens (tertiary/aromatic N) is 1. The Hall–Kier alpha value is -3.91. The maximum Gasteiger partial charge on any atom is 0.303 e. The van der Waals surface area contributed by atoms with E-state index in [4.69, 9.17) is 14.6 Å². The predicted octanol–water partition coefficient (Wildman–Crippen LogP) is 6.45. The van der Waals surface area contributed by atoms with Crippen LogP contribution in [0.25, 0.3) is 12.2 Å². The van der Waals surface area contributed by atoms with Crippen LogP contribution in [0.15, 0.2) is 72.8 Å². The third kappa shape index (κ3) is 7.10. The molecule has 2 heterocycles. The zero-order valence-corrected chi connectivity index (χ0v) is 22.8. The standard InChI is InChI=1S/C30H34N2O5S/c1-7-23-24(17-32(6)25(23)10-8-9-11-28(33)34)29(22-14-15-26-27(16-22)37-18-36-26)30(35)31-38-21(5)13-12-20(4)19(2)3/h7-8,10,12-17,19,29H,1,4-5,9,11,18H2,2-3,6H3,(H,31,35)(H,33,34)/b10-8+,13-12-. The maximum absolute atomic E-state index is 13.7. The molecule has 1 aliphatic rings. The molecule has 1 amide bonds. The summed E-state index contributed by atoms with van der Waals surface area (Å²) in [5.41, 5.74) is 4.07. The number of carbonyl (C=O) groups is 2. The number of benzene rings is 1. The van der Waals surface area contributed by atoms with Crippen LogP contribution in [0.3, 0.4) is 0 Å². The van der Waals surface area contributed by atoms with Crippen molar-refractivity contribution in [2.45, 2.75) is 32.6 Å². The molecule has 0 aliphatic carbocycles. The number of carboxylic acids is 1. The summed E-state index contributed by atoms with van der Waals surface area (Å²) in [6, 6.07) is 5.47. The number of nitrogens with one attached hydrogen (secondary N) is 1. The van der Waals surface area contributed by atoms with Crippen molar-refractivity contribution in [3.63, 3.8) is 0 Å². The molecule has 38 heavy (non-hydrogen) atoms. The minimum atomic E-state index is -0.854. The Labute approximate surface area is 228 Å². The molecule has 0 saturated heterocycles. The van der Waals surface area contributed by atoms with Gasteiger partial charge in [0.1, 0.15) is 0 Å². The van der Waals surface area contributed by atoms with E-state index in [1.54, 1.807) is 12.1 Å². The van der Waals surface area contributed by atoms with Crippen molar-refractivity contribution in [2.24, 2.45) is 13.0 Å². The first-order chi connectivity index (χ1) is 18.1. The van der Waals surface area contributed by atoms with E-state index in [1.165, 1.54) is 0 Å². The summed E-state index contributed by atoms with van der Waals surface area (Å²) in [6.07, 6.45) is 11.5. The summed E-state index contributed by atoms with van der Waals surface area (Å²) in [6.45, 7) is 16.3. The van der Waals surface area contributed by atoms with E-state index in [2.05, 4.69) is 38.3 Å². The van der Waals surface area contributed by atoms with Gasteiger partial charge < -0.3 is 19.1 Å². The number of hydrogen-bond acceptors (Lipinski definition) is 5. The number of ether oxygens (including phenoxy) is 2. The van der Waals surface area contributed by atoms with Crippen LogP contribution >= 0.6 is 11.9 Å². The van der Waals surface area contributed by atoms with Crippen molar-refractivity contribution < 1.29 is 24.2 Å². The second-order valence-corrected chi connectivity index (χ2v) is 10.1. The number of rotatable bonds is 13. The van der Waals surface area contributed by atoms with Crippen LogP contribution in [0.1, 0.15) is 55.0 Å². The smallest absolute Gasteiger partial charge is 0.303 e. The second kappa shape index (κ2) is 13.1. The first kappa shape index (κ1) is 28.7. The van der Waals surface area contributed by atoms with Gasteiger partial charge in [-0.3, -0.25) is 14.3 Å². The topological polar surface area (TPSA) is 89.8 Å². The number of fused-ring (bicyclic) bond motifs is 1. The number of aliphatic carboxylic acids is 1. The van der Waals surface area contributed by atoms with E-state index in [1.807, 2.05) is 54.2 Å². The Kier molecular flexibility index (Phi) is 9.85. The maximum atomic E-state index is 13.7. The Balaban J connectivity index is 1.94. The van der Waals surface area contributed by atoms with Gasteiger partial charge in [-0.2, -0.15) is 0 Å². The summed E-state index contributed by atoms with van der Waals surface area (Å²) in [5.74, 6) is -0.242. The highest BCUT2D eigenvalue weighted by molar-refractivity contribution is 8.01. The Morgan fingerprint density at radius 1 is 1.21 bits per heavy atom.